The molecular formula is C14H13Cl2NO3S. The van der Waals surface area contributed by atoms with Gasteiger partial charge in [0.2, 0.25) is 0 Å². The van der Waals surface area contributed by atoms with Crippen molar-refractivity contribution in [3.8, 4) is 5.75 Å². The third-order valence-corrected chi connectivity index (χ3v) is 5.25. The molecule has 112 valence electrons. The van der Waals surface area contributed by atoms with E-state index < -0.39 is 9.84 Å². The van der Waals surface area contributed by atoms with Crippen LogP contribution in [0.5, 0.6) is 5.75 Å². The predicted molar refractivity (Wildman–Crippen MR) is 84.8 cm³/mol. The highest BCUT2D eigenvalue weighted by Crippen LogP contribution is 2.30. The van der Waals surface area contributed by atoms with E-state index in [9.17, 15) is 8.42 Å². The number of benzene rings is 2. The molecule has 0 radical (unpaired) electrons. The van der Waals surface area contributed by atoms with E-state index >= 15 is 0 Å². The molecule has 0 saturated carbocycles. The number of halogens is 2. The standard InChI is InChI=1S/C14H13Cl2NO3S/c1-20-13-5-3-11(17)6-9(13)8-21(18,19)14-7-10(15)2-4-12(14)16/h2-7H,8,17H2,1H3. The van der Waals surface area contributed by atoms with Crippen molar-refractivity contribution >= 4 is 38.7 Å². The lowest BCUT2D eigenvalue weighted by molar-refractivity contribution is 0.411. The van der Waals surface area contributed by atoms with E-state index in [4.69, 9.17) is 33.7 Å². The smallest absolute Gasteiger partial charge is 0.184 e. The lowest BCUT2D eigenvalue weighted by Gasteiger charge is -2.11. The van der Waals surface area contributed by atoms with E-state index in [1.807, 2.05) is 0 Å². The molecule has 4 nitrogen and oxygen atoms in total. The maximum Gasteiger partial charge on any atom is 0.184 e. The molecule has 2 aromatic rings. The van der Waals surface area contributed by atoms with Gasteiger partial charge in [0.15, 0.2) is 9.84 Å². The van der Waals surface area contributed by atoms with Gasteiger partial charge in [-0.25, -0.2) is 8.42 Å². The van der Waals surface area contributed by atoms with Crippen LogP contribution in [-0.2, 0) is 15.6 Å². The number of hydrogen-bond donors (Lipinski definition) is 1. The monoisotopic (exact) mass is 345 g/mol. The van der Waals surface area contributed by atoms with Crippen LogP contribution in [0.25, 0.3) is 0 Å². The predicted octanol–water partition coefficient (Wildman–Crippen LogP) is 3.56. The third-order valence-electron chi connectivity index (χ3n) is 2.88. The van der Waals surface area contributed by atoms with E-state index in [-0.39, 0.29) is 15.7 Å². The van der Waals surface area contributed by atoms with E-state index in [1.54, 1.807) is 18.2 Å². The average Bonchev–Trinajstić information content (AvgIpc) is 2.41. The van der Waals surface area contributed by atoms with Crippen LogP contribution >= 0.6 is 23.2 Å². The number of rotatable bonds is 4. The topological polar surface area (TPSA) is 69.4 Å². The van der Waals surface area contributed by atoms with Crippen LogP contribution in [0.1, 0.15) is 5.56 Å². The Balaban J connectivity index is 2.47. The first kappa shape index (κ1) is 15.9. The van der Waals surface area contributed by atoms with E-state index in [0.29, 0.717) is 22.0 Å². The van der Waals surface area contributed by atoms with Gasteiger partial charge in [0.1, 0.15) is 5.75 Å². The molecule has 0 unspecified atom stereocenters. The molecule has 2 N–H and O–H groups in total. The van der Waals surface area contributed by atoms with Gasteiger partial charge in [0.05, 0.1) is 22.8 Å². The average molecular weight is 346 g/mol. The van der Waals surface area contributed by atoms with Gasteiger partial charge in [0, 0.05) is 16.3 Å². The van der Waals surface area contributed by atoms with Crippen molar-refractivity contribution in [3.63, 3.8) is 0 Å². The maximum atomic E-state index is 12.5. The van der Waals surface area contributed by atoms with Gasteiger partial charge in [-0.2, -0.15) is 0 Å². The molecule has 2 aromatic carbocycles. The summed E-state index contributed by atoms with van der Waals surface area (Å²) < 4.78 is 30.2. The fraction of sp³-hybridized carbons (Fsp3) is 0.143. The summed E-state index contributed by atoms with van der Waals surface area (Å²) in [6, 6.07) is 9.14. The van der Waals surface area contributed by atoms with Gasteiger partial charge in [-0.15, -0.1) is 0 Å². The molecular weight excluding hydrogens is 333 g/mol. The third kappa shape index (κ3) is 3.61. The first-order valence-electron chi connectivity index (χ1n) is 5.93. The summed E-state index contributed by atoms with van der Waals surface area (Å²) in [6.45, 7) is 0. The van der Waals surface area contributed by atoms with Crippen molar-refractivity contribution in [2.24, 2.45) is 0 Å². The molecule has 0 saturated heterocycles. The molecule has 7 heteroatoms. The molecule has 0 bridgehead atoms. The Bertz CT molecular complexity index is 776. The molecule has 0 aliphatic heterocycles. The largest absolute Gasteiger partial charge is 0.496 e. The molecule has 2 rings (SSSR count). The van der Waals surface area contributed by atoms with Crippen molar-refractivity contribution in [1.29, 1.82) is 0 Å². The zero-order chi connectivity index (χ0) is 15.6. The minimum Gasteiger partial charge on any atom is -0.496 e. The number of sulfone groups is 1. The Morgan fingerprint density at radius 3 is 2.52 bits per heavy atom. The molecule has 21 heavy (non-hydrogen) atoms. The second kappa shape index (κ2) is 6.13. The van der Waals surface area contributed by atoms with E-state index in [1.165, 1.54) is 25.3 Å². The van der Waals surface area contributed by atoms with Gasteiger partial charge in [-0.3, -0.25) is 0 Å². The van der Waals surface area contributed by atoms with Crippen molar-refractivity contribution in [3.05, 3.63) is 52.0 Å². The number of nitrogen functional groups attached to an aromatic ring is 1. The SMILES string of the molecule is COc1ccc(N)cc1CS(=O)(=O)c1cc(Cl)ccc1Cl. The van der Waals surface area contributed by atoms with Crippen LogP contribution in [0.15, 0.2) is 41.3 Å². The summed E-state index contributed by atoms with van der Waals surface area (Å²) >= 11 is 11.8. The number of nitrogens with two attached hydrogens (primary N) is 1. The van der Waals surface area contributed by atoms with Crippen LogP contribution in [0.3, 0.4) is 0 Å². The molecule has 0 spiro atoms. The van der Waals surface area contributed by atoms with Gasteiger partial charge in [0.25, 0.3) is 0 Å². The van der Waals surface area contributed by atoms with Crippen LogP contribution in [0.4, 0.5) is 5.69 Å². The summed E-state index contributed by atoms with van der Waals surface area (Å²) in [7, 11) is -2.20. The second-order valence-corrected chi connectivity index (χ2v) is 7.21. The molecule has 0 aliphatic carbocycles. The Morgan fingerprint density at radius 2 is 1.86 bits per heavy atom. The van der Waals surface area contributed by atoms with Crippen molar-refractivity contribution < 1.29 is 13.2 Å². The molecule has 0 heterocycles. The number of anilines is 1. The second-order valence-electron chi connectivity index (χ2n) is 4.41. The Hall–Kier alpha value is -1.43. The fourth-order valence-corrected chi connectivity index (χ4v) is 4.08. The lowest BCUT2D eigenvalue weighted by Crippen LogP contribution is -2.07. The highest BCUT2D eigenvalue weighted by Gasteiger charge is 2.21. The van der Waals surface area contributed by atoms with Gasteiger partial charge >= 0.3 is 0 Å². The Labute approximate surface area is 133 Å². The van der Waals surface area contributed by atoms with Crippen molar-refractivity contribution in [2.45, 2.75) is 10.6 Å². The summed E-state index contributed by atoms with van der Waals surface area (Å²) in [6.07, 6.45) is 0. The first-order valence-corrected chi connectivity index (χ1v) is 8.34. The Kier molecular flexibility index (Phi) is 4.66. The summed E-state index contributed by atoms with van der Waals surface area (Å²) in [5, 5.41) is 0.430. The molecule has 0 fully saturated rings. The van der Waals surface area contributed by atoms with Crippen LogP contribution in [0.2, 0.25) is 10.0 Å². The molecule has 0 aliphatic rings. The van der Waals surface area contributed by atoms with Gasteiger partial charge in [-0.1, -0.05) is 23.2 Å². The minimum atomic E-state index is -3.67. The summed E-state index contributed by atoms with van der Waals surface area (Å²) in [5.41, 5.74) is 6.62. The van der Waals surface area contributed by atoms with Crippen molar-refractivity contribution in [2.75, 3.05) is 12.8 Å². The van der Waals surface area contributed by atoms with Crippen LogP contribution in [0, 0.1) is 0 Å². The maximum absolute atomic E-state index is 12.5. The van der Waals surface area contributed by atoms with Gasteiger partial charge in [-0.05, 0) is 36.4 Å². The highest BCUT2D eigenvalue weighted by molar-refractivity contribution is 7.90. The minimum absolute atomic E-state index is 0.0128. The lowest BCUT2D eigenvalue weighted by atomic mass is 10.2. The number of hydrogen-bond acceptors (Lipinski definition) is 4. The molecule has 0 amide bonds. The van der Waals surface area contributed by atoms with Crippen molar-refractivity contribution in [1.82, 2.24) is 0 Å². The number of ether oxygens (including phenoxy) is 1. The van der Waals surface area contributed by atoms with E-state index in [2.05, 4.69) is 0 Å². The molecule has 0 aromatic heterocycles. The number of methoxy groups -OCH3 is 1. The summed E-state index contributed by atoms with van der Waals surface area (Å²) in [4.78, 5) is -0.0128. The zero-order valence-electron chi connectivity index (χ0n) is 11.1. The zero-order valence-corrected chi connectivity index (χ0v) is 13.5. The quantitative estimate of drug-likeness (QED) is 0.860. The Morgan fingerprint density at radius 1 is 1.14 bits per heavy atom. The van der Waals surface area contributed by atoms with Gasteiger partial charge < -0.3 is 10.5 Å². The first-order chi connectivity index (χ1) is 9.83. The molecule has 0 atom stereocenters. The fourth-order valence-electron chi connectivity index (χ4n) is 1.91. The van der Waals surface area contributed by atoms with E-state index in [0.717, 1.165) is 0 Å². The van der Waals surface area contributed by atoms with Crippen LogP contribution in [-0.4, -0.2) is 15.5 Å². The highest BCUT2D eigenvalue weighted by atomic mass is 35.5. The summed E-state index contributed by atoms with van der Waals surface area (Å²) in [5.74, 6) is 0.173. The van der Waals surface area contributed by atoms with Crippen LogP contribution < -0.4 is 10.5 Å². The normalized spacial score (nSPS) is 11.4.